The van der Waals surface area contributed by atoms with Crippen molar-refractivity contribution in [2.45, 2.75) is 53.2 Å². The first kappa shape index (κ1) is 22.6. The Balaban J connectivity index is 0.00000576. The van der Waals surface area contributed by atoms with E-state index in [1.807, 2.05) is 31.2 Å². The molecule has 0 heterocycles. The van der Waals surface area contributed by atoms with E-state index in [-0.39, 0.29) is 7.43 Å². The Bertz CT molecular complexity index is 574. The summed E-state index contributed by atoms with van der Waals surface area (Å²) in [5.41, 5.74) is 1.25. The Labute approximate surface area is 150 Å². The Morgan fingerprint density at radius 2 is 1.84 bits per heavy atom. The molecule has 1 aromatic rings. The SMILES string of the molecule is C.CCN=Cc1ccc(CC(NC(=O)OC(C)(C)C)C(=O)OC)cc1. The van der Waals surface area contributed by atoms with Crippen molar-refractivity contribution < 1.29 is 19.1 Å². The molecule has 25 heavy (non-hydrogen) atoms. The summed E-state index contributed by atoms with van der Waals surface area (Å²) in [5, 5.41) is 2.56. The molecule has 0 bridgehead atoms. The lowest BCUT2D eigenvalue weighted by Gasteiger charge is -2.22. The number of hydrogen-bond donors (Lipinski definition) is 1. The van der Waals surface area contributed by atoms with Crippen molar-refractivity contribution in [3.05, 3.63) is 35.4 Å². The Kier molecular flexibility index (Phi) is 9.49. The van der Waals surface area contributed by atoms with Crippen molar-refractivity contribution in [1.29, 1.82) is 0 Å². The van der Waals surface area contributed by atoms with Gasteiger partial charge in [0.05, 0.1) is 7.11 Å². The molecule has 0 spiro atoms. The van der Waals surface area contributed by atoms with E-state index in [0.717, 1.165) is 17.7 Å². The fourth-order valence-electron chi connectivity index (χ4n) is 1.96. The first-order chi connectivity index (χ1) is 11.2. The van der Waals surface area contributed by atoms with E-state index in [4.69, 9.17) is 9.47 Å². The van der Waals surface area contributed by atoms with E-state index in [1.54, 1.807) is 27.0 Å². The maximum Gasteiger partial charge on any atom is 0.408 e. The van der Waals surface area contributed by atoms with Gasteiger partial charge in [0, 0.05) is 19.2 Å². The summed E-state index contributed by atoms with van der Waals surface area (Å²) in [6.07, 6.45) is 1.46. The third kappa shape index (κ3) is 8.88. The molecule has 0 saturated carbocycles. The lowest BCUT2D eigenvalue weighted by atomic mass is 10.0. The van der Waals surface area contributed by atoms with Gasteiger partial charge in [-0.25, -0.2) is 9.59 Å². The summed E-state index contributed by atoms with van der Waals surface area (Å²) >= 11 is 0. The zero-order valence-corrected chi connectivity index (χ0v) is 15.0. The molecule has 6 nitrogen and oxygen atoms in total. The third-order valence-corrected chi connectivity index (χ3v) is 3.02. The average Bonchev–Trinajstić information content (AvgIpc) is 2.51. The first-order valence-electron chi connectivity index (χ1n) is 7.91. The van der Waals surface area contributed by atoms with Gasteiger partial charge in [0.1, 0.15) is 11.6 Å². The van der Waals surface area contributed by atoms with Crippen LogP contribution in [0.4, 0.5) is 4.79 Å². The standard InChI is InChI=1S/C18H26N2O4.CH4/c1-6-19-12-14-9-7-13(8-10-14)11-15(16(21)23-5)20-17(22)24-18(2,3)4;/h7-10,12,15H,6,11H2,1-5H3,(H,20,22);1H4. The monoisotopic (exact) mass is 350 g/mol. The molecule has 0 radical (unpaired) electrons. The van der Waals surface area contributed by atoms with Crippen LogP contribution in [0.2, 0.25) is 0 Å². The van der Waals surface area contributed by atoms with Crippen LogP contribution in [0.3, 0.4) is 0 Å². The lowest BCUT2D eigenvalue weighted by Crippen LogP contribution is -2.45. The molecule has 0 aliphatic rings. The molecule has 0 fully saturated rings. The Morgan fingerprint density at radius 3 is 2.32 bits per heavy atom. The number of benzene rings is 1. The number of alkyl carbamates (subject to hydrolysis) is 1. The van der Waals surface area contributed by atoms with Gasteiger partial charge in [-0.1, -0.05) is 31.7 Å². The van der Waals surface area contributed by atoms with E-state index in [2.05, 4.69) is 10.3 Å². The van der Waals surface area contributed by atoms with Gasteiger partial charge in [-0.3, -0.25) is 4.99 Å². The summed E-state index contributed by atoms with van der Waals surface area (Å²) in [6.45, 7) is 7.98. The Hall–Kier alpha value is -2.37. The van der Waals surface area contributed by atoms with Crippen LogP contribution < -0.4 is 5.32 Å². The minimum Gasteiger partial charge on any atom is -0.467 e. The van der Waals surface area contributed by atoms with Gasteiger partial charge in [0.15, 0.2) is 0 Å². The number of esters is 1. The normalized spacial score (nSPS) is 12.2. The predicted octanol–water partition coefficient (Wildman–Crippen LogP) is 3.37. The van der Waals surface area contributed by atoms with E-state index in [1.165, 1.54) is 7.11 Å². The van der Waals surface area contributed by atoms with Crippen molar-refractivity contribution in [2.24, 2.45) is 4.99 Å². The van der Waals surface area contributed by atoms with Gasteiger partial charge in [-0.05, 0) is 38.8 Å². The highest BCUT2D eigenvalue weighted by Gasteiger charge is 2.25. The zero-order chi connectivity index (χ0) is 18.2. The van der Waals surface area contributed by atoms with Gasteiger partial charge in [-0.2, -0.15) is 0 Å². The highest BCUT2D eigenvalue weighted by atomic mass is 16.6. The molecular formula is C19H30N2O4. The minimum atomic E-state index is -0.806. The number of nitrogens with one attached hydrogen (secondary N) is 1. The van der Waals surface area contributed by atoms with Gasteiger partial charge in [-0.15, -0.1) is 0 Å². The lowest BCUT2D eigenvalue weighted by molar-refractivity contribution is -0.143. The van der Waals surface area contributed by atoms with Gasteiger partial charge < -0.3 is 14.8 Å². The second-order valence-corrected chi connectivity index (χ2v) is 6.30. The number of carbonyl (C=O) groups excluding carboxylic acids is 2. The molecule has 0 aliphatic heterocycles. The summed E-state index contributed by atoms with van der Waals surface area (Å²) in [5.74, 6) is -0.516. The molecule has 1 aromatic carbocycles. The number of aliphatic imine (C=N–C) groups is 1. The number of ether oxygens (including phenoxy) is 2. The largest absolute Gasteiger partial charge is 0.467 e. The molecule has 1 amide bonds. The van der Waals surface area contributed by atoms with Crippen molar-refractivity contribution in [1.82, 2.24) is 5.32 Å². The Morgan fingerprint density at radius 1 is 1.24 bits per heavy atom. The molecule has 1 rings (SSSR count). The van der Waals surface area contributed by atoms with Crippen LogP contribution in [0.1, 0.15) is 46.2 Å². The van der Waals surface area contributed by atoms with Crippen molar-refractivity contribution >= 4 is 18.3 Å². The summed E-state index contributed by atoms with van der Waals surface area (Å²) < 4.78 is 9.95. The first-order valence-corrected chi connectivity index (χ1v) is 7.91. The van der Waals surface area contributed by atoms with Gasteiger partial charge in [0.2, 0.25) is 0 Å². The quantitative estimate of drug-likeness (QED) is 0.630. The number of carbonyl (C=O) groups is 2. The van der Waals surface area contributed by atoms with Crippen molar-refractivity contribution in [2.75, 3.05) is 13.7 Å². The number of methoxy groups -OCH3 is 1. The van der Waals surface area contributed by atoms with Crippen molar-refractivity contribution in [3.8, 4) is 0 Å². The second kappa shape index (κ2) is 10.5. The maximum atomic E-state index is 11.9. The van der Waals surface area contributed by atoms with Crippen LogP contribution in [0.15, 0.2) is 29.3 Å². The van der Waals surface area contributed by atoms with Crippen LogP contribution >= 0.6 is 0 Å². The fourth-order valence-corrected chi connectivity index (χ4v) is 1.96. The van der Waals surface area contributed by atoms with Crippen LogP contribution in [-0.2, 0) is 20.7 Å². The summed E-state index contributed by atoms with van der Waals surface area (Å²) in [4.78, 5) is 28.0. The number of hydrogen-bond acceptors (Lipinski definition) is 5. The second-order valence-electron chi connectivity index (χ2n) is 6.30. The smallest absolute Gasteiger partial charge is 0.408 e. The molecule has 0 aromatic heterocycles. The topological polar surface area (TPSA) is 77.0 Å². The van der Waals surface area contributed by atoms with Gasteiger partial charge in [0.25, 0.3) is 0 Å². The minimum absolute atomic E-state index is 0. The predicted molar refractivity (Wildman–Crippen MR) is 100 cm³/mol. The number of rotatable bonds is 6. The van der Waals surface area contributed by atoms with E-state index in [9.17, 15) is 9.59 Å². The average molecular weight is 350 g/mol. The molecule has 1 atom stereocenters. The zero-order valence-electron chi connectivity index (χ0n) is 15.0. The number of nitrogens with zero attached hydrogens (tertiary/aromatic N) is 1. The molecule has 0 saturated heterocycles. The third-order valence-electron chi connectivity index (χ3n) is 3.02. The van der Waals surface area contributed by atoms with Crippen LogP contribution in [-0.4, -0.2) is 43.6 Å². The molecular weight excluding hydrogens is 320 g/mol. The molecule has 1 N–H and O–H groups in total. The molecule has 140 valence electrons. The van der Waals surface area contributed by atoms with E-state index >= 15 is 0 Å². The highest BCUT2D eigenvalue weighted by molar-refractivity contribution is 5.82. The molecule has 6 heteroatoms. The van der Waals surface area contributed by atoms with Gasteiger partial charge >= 0.3 is 12.1 Å². The van der Waals surface area contributed by atoms with E-state index < -0.39 is 23.7 Å². The van der Waals surface area contributed by atoms with Crippen LogP contribution in [0.5, 0.6) is 0 Å². The van der Waals surface area contributed by atoms with Crippen LogP contribution in [0, 0.1) is 0 Å². The fraction of sp³-hybridized carbons (Fsp3) is 0.526. The molecule has 1 unspecified atom stereocenters. The summed E-state index contributed by atoms with van der Waals surface area (Å²) in [6, 6.07) is 6.81. The maximum absolute atomic E-state index is 11.9. The van der Waals surface area contributed by atoms with E-state index in [0.29, 0.717) is 6.42 Å². The molecule has 0 aliphatic carbocycles. The van der Waals surface area contributed by atoms with Crippen molar-refractivity contribution in [3.63, 3.8) is 0 Å². The van der Waals surface area contributed by atoms with Crippen LogP contribution in [0.25, 0.3) is 0 Å². The summed E-state index contributed by atoms with van der Waals surface area (Å²) in [7, 11) is 1.29. The number of amides is 1. The highest BCUT2D eigenvalue weighted by Crippen LogP contribution is 2.10.